The van der Waals surface area contributed by atoms with Crippen LogP contribution in [-0.4, -0.2) is 58.2 Å². The Morgan fingerprint density at radius 2 is 2.22 bits per heavy atom. The third kappa shape index (κ3) is 5.32. The van der Waals surface area contributed by atoms with Crippen molar-refractivity contribution in [2.75, 3.05) is 39.5 Å². The SMILES string of the molecule is COC(=O)CCNCC1CCCN(S(C)(=O)=O)C1. The molecule has 106 valence electrons. The molecule has 1 unspecified atom stereocenters. The van der Waals surface area contributed by atoms with Crippen LogP contribution in [0.5, 0.6) is 0 Å². The summed E-state index contributed by atoms with van der Waals surface area (Å²) in [5, 5.41) is 3.17. The molecule has 0 bridgehead atoms. The van der Waals surface area contributed by atoms with Crippen molar-refractivity contribution < 1.29 is 17.9 Å². The summed E-state index contributed by atoms with van der Waals surface area (Å²) in [6.45, 7) is 2.51. The van der Waals surface area contributed by atoms with Crippen LogP contribution in [0.15, 0.2) is 0 Å². The van der Waals surface area contributed by atoms with Crippen LogP contribution in [0, 0.1) is 5.92 Å². The number of nitrogens with one attached hydrogen (secondary N) is 1. The fourth-order valence-electron chi connectivity index (χ4n) is 2.09. The molecule has 1 aliphatic rings. The molecule has 0 spiro atoms. The van der Waals surface area contributed by atoms with Crippen LogP contribution in [0.25, 0.3) is 0 Å². The van der Waals surface area contributed by atoms with Gasteiger partial charge in [0.2, 0.25) is 10.0 Å². The maximum atomic E-state index is 11.4. The number of piperidine rings is 1. The van der Waals surface area contributed by atoms with Crippen molar-refractivity contribution in [3.8, 4) is 0 Å². The van der Waals surface area contributed by atoms with Gasteiger partial charge in [-0.2, -0.15) is 0 Å². The van der Waals surface area contributed by atoms with E-state index in [2.05, 4.69) is 10.1 Å². The van der Waals surface area contributed by atoms with Gasteiger partial charge in [-0.05, 0) is 25.3 Å². The maximum Gasteiger partial charge on any atom is 0.306 e. The first-order valence-electron chi connectivity index (χ1n) is 6.16. The summed E-state index contributed by atoms with van der Waals surface area (Å²) in [5.74, 6) is 0.0926. The maximum absolute atomic E-state index is 11.4. The van der Waals surface area contributed by atoms with Gasteiger partial charge in [-0.25, -0.2) is 12.7 Å². The van der Waals surface area contributed by atoms with E-state index < -0.39 is 10.0 Å². The van der Waals surface area contributed by atoms with Crippen LogP contribution in [-0.2, 0) is 19.6 Å². The molecule has 0 saturated carbocycles. The largest absolute Gasteiger partial charge is 0.469 e. The van der Waals surface area contributed by atoms with Crippen LogP contribution in [0.1, 0.15) is 19.3 Å². The summed E-state index contributed by atoms with van der Waals surface area (Å²) < 4.78 is 28.9. The molecule has 7 heteroatoms. The van der Waals surface area contributed by atoms with Crippen molar-refractivity contribution >= 4 is 16.0 Å². The van der Waals surface area contributed by atoms with Crippen LogP contribution in [0.2, 0.25) is 0 Å². The molecule has 1 atom stereocenters. The highest BCUT2D eigenvalue weighted by Gasteiger charge is 2.25. The number of hydrogen-bond donors (Lipinski definition) is 1. The fraction of sp³-hybridized carbons (Fsp3) is 0.909. The second-order valence-corrected chi connectivity index (χ2v) is 6.64. The lowest BCUT2D eigenvalue weighted by molar-refractivity contribution is -0.140. The Morgan fingerprint density at radius 1 is 1.50 bits per heavy atom. The molecule has 1 fully saturated rings. The summed E-state index contributed by atoms with van der Waals surface area (Å²) >= 11 is 0. The van der Waals surface area contributed by atoms with Crippen LogP contribution in [0.4, 0.5) is 0 Å². The zero-order valence-electron chi connectivity index (χ0n) is 11.0. The van der Waals surface area contributed by atoms with E-state index in [1.165, 1.54) is 17.7 Å². The quantitative estimate of drug-likeness (QED) is 0.538. The summed E-state index contributed by atoms with van der Waals surface area (Å²) in [6.07, 6.45) is 3.52. The number of ether oxygens (including phenoxy) is 1. The molecule has 1 N–H and O–H groups in total. The Kier molecular flexibility index (Phi) is 6.04. The normalized spacial score (nSPS) is 21.8. The molecule has 0 aromatic rings. The molecule has 0 aliphatic carbocycles. The van der Waals surface area contributed by atoms with Crippen molar-refractivity contribution in [3.05, 3.63) is 0 Å². The average Bonchev–Trinajstić information content (AvgIpc) is 2.33. The number of hydrogen-bond acceptors (Lipinski definition) is 5. The number of esters is 1. The molecule has 1 saturated heterocycles. The first kappa shape index (κ1) is 15.4. The van der Waals surface area contributed by atoms with Gasteiger partial charge in [-0.15, -0.1) is 0 Å². The van der Waals surface area contributed by atoms with Gasteiger partial charge in [-0.1, -0.05) is 0 Å². The van der Waals surface area contributed by atoms with Crippen molar-refractivity contribution in [3.63, 3.8) is 0 Å². The highest BCUT2D eigenvalue weighted by Crippen LogP contribution is 2.17. The lowest BCUT2D eigenvalue weighted by Gasteiger charge is -2.31. The molecule has 0 aromatic heterocycles. The Morgan fingerprint density at radius 3 is 2.83 bits per heavy atom. The minimum absolute atomic E-state index is 0.232. The molecule has 6 nitrogen and oxygen atoms in total. The summed E-state index contributed by atoms with van der Waals surface area (Å²) in [5.41, 5.74) is 0. The van der Waals surface area contributed by atoms with E-state index in [9.17, 15) is 13.2 Å². The van der Waals surface area contributed by atoms with Crippen molar-refractivity contribution in [1.82, 2.24) is 9.62 Å². The number of methoxy groups -OCH3 is 1. The zero-order chi connectivity index (χ0) is 13.6. The molecule has 1 aliphatic heterocycles. The van der Waals surface area contributed by atoms with Gasteiger partial charge in [0.15, 0.2) is 0 Å². The summed E-state index contributed by atoms with van der Waals surface area (Å²) in [6, 6.07) is 0. The molecule has 1 rings (SSSR count). The summed E-state index contributed by atoms with van der Waals surface area (Å²) in [4.78, 5) is 10.9. The second-order valence-electron chi connectivity index (χ2n) is 4.66. The van der Waals surface area contributed by atoms with E-state index in [0.29, 0.717) is 32.0 Å². The number of sulfonamides is 1. The fourth-order valence-corrected chi connectivity index (χ4v) is 3.04. The minimum Gasteiger partial charge on any atom is -0.469 e. The van der Waals surface area contributed by atoms with Crippen LogP contribution < -0.4 is 5.32 Å². The van der Waals surface area contributed by atoms with E-state index in [1.54, 1.807) is 0 Å². The number of rotatable bonds is 6. The first-order chi connectivity index (χ1) is 8.43. The molecular formula is C11H22N2O4S. The van der Waals surface area contributed by atoms with Gasteiger partial charge in [0.25, 0.3) is 0 Å². The van der Waals surface area contributed by atoms with Gasteiger partial charge in [0.05, 0.1) is 19.8 Å². The van der Waals surface area contributed by atoms with E-state index in [4.69, 9.17) is 0 Å². The van der Waals surface area contributed by atoms with Gasteiger partial charge in [0.1, 0.15) is 0 Å². The third-order valence-electron chi connectivity index (χ3n) is 3.12. The highest BCUT2D eigenvalue weighted by molar-refractivity contribution is 7.88. The zero-order valence-corrected chi connectivity index (χ0v) is 11.8. The summed E-state index contributed by atoms with van der Waals surface area (Å²) in [7, 11) is -1.71. The van der Waals surface area contributed by atoms with E-state index in [0.717, 1.165) is 19.4 Å². The standard InChI is InChI=1S/C11H22N2O4S/c1-17-11(14)5-6-12-8-10-4-3-7-13(9-10)18(2,15)16/h10,12H,3-9H2,1-2H3. The molecule has 18 heavy (non-hydrogen) atoms. The van der Waals surface area contributed by atoms with Gasteiger partial charge in [-0.3, -0.25) is 4.79 Å². The lowest BCUT2D eigenvalue weighted by Crippen LogP contribution is -2.42. The Labute approximate surface area is 109 Å². The van der Waals surface area contributed by atoms with E-state index in [1.807, 2.05) is 0 Å². The van der Waals surface area contributed by atoms with Crippen molar-refractivity contribution in [2.24, 2.45) is 5.92 Å². The molecule has 0 aromatic carbocycles. The van der Waals surface area contributed by atoms with Gasteiger partial charge >= 0.3 is 5.97 Å². The van der Waals surface area contributed by atoms with Gasteiger partial charge < -0.3 is 10.1 Å². The second kappa shape index (κ2) is 7.06. The minimum atomic E-state index is -3.08. The average molecular weight is 278 g/mol. The van der Waals surface area contributed by atoms with Crippen LogP contribution >= 0.6 is 0 Å². The predicted molar refractivity (Wildman–Crippen MR) is 68.6 cm³/mol. The third-order valence-corrected chi connectivity index (χ3v) is 4.39. The molecule has 0 amide bonds. The molecular weight excluding hydrogens is 256 g/mol. The Hall–Kier alpha value is -0.660. The van der Waals surface area contributed by atoms with Crippen molar-refractivity contribution in [1.29, 1.82) is 0 Å². The van der Waals surface area contributed by atoms with E-state index >= 15 is 0 Å². The van der Waals surface area contributed by atoms with Crippen LogP contribution in [0.3, 0.4) is 0 Å². The Bertz CT molecular complexity index is 369. The number of carbonyl (C=O) groups is 1. The topological polar surface area (TPSA) is 75.7 Å². The van der Waals surface area contributed by atoms with Crippen molar-refractivity contribution in [2.45, 2.75) is 19.3 Å². The number of carbonyl (C=O) groups excluding carboxylic acids is 1. The van der Waals surface area contributed by atoms with Gasteiger partial charge in [0, 0.05) is 19.6 Å². The number of nitrogens with zero attached hydrogens (tertiary/aromatic N) is 1. The monoisotopic (exact) mass is 278 g/mol. The molecule has 0 radical (unpaired) electrons. The predicted octanol–water partition coefficient (Wildman–Crippen LogP) is -0.189. The first-order valence-corrected chi connectivity index (χ1v) is 8.01. The van der Waals surface area contributed by atoms with E-state index in [-0.39, 0.29) is 5.97 Å². The molecule has 1 heterocycles. The highest BCUT2D eigenvalue weighted by atomic mass is 32.2. The Balaban J connectivity index is 2.25. The lowest BCUT2D eigenvalue weighted by atomic mass is 10.00. The smallest absolute Gasteiger partial charge is 0.306 e.